The van der Waals surface area contributed by atoms with Crippen LogP contribution in [-0.4, -0.2) is 49.1 Å². The second kappa shape index (κ2) is 10.2. The van der Waals surface area contributed by atoms with Gasteiger partial charge in [0.15, 0.2) is 0 Å². The first-order valence-electron chi connectivity index (χ1n) is 9.01. The number of nitrogens with two attached hydrogens (primary N) is 1. The van der Waals surface area contributed by atoms with Gasteiger partial charge in [0, 0.05) is 18.8 Å². The zero-order valence-corrected chi connectivity index (χ0v) is 14.6. The van der Waals surface area contributed by atoms with Gasteiger partial charge in [0.25, 0.3) is 0 Å². The van der Waals surface area contributed by atoms with Gasteiger partial charge in [-0.15, -0.1) is 0 Å². The van der Waals surface area contributed by atoms with Crippen LogP contribution in [0.15, 0.2) is 12.3 Å². The minimum atomic E-state index is 0.782. The van der Waals surface area contributed by atoms with Gasteiger partial charge in [-0.2, -0.15) is 0 Å². The zero-order valence-electron chi connectivity index (χ0n) is 14.6. The maximum absolute atomic E-state index is 5.71. The Morgan fingerprint density at radius 2 is 1.38 bits per heavy atom. The van der Waals surface area contributed by atoms with Crippen LogP contribution in [-0.2, 0) is 0 Å². The Hall–Kier alpha value is -0.540. The first-order chi connectivity index (χ1) is 10.1. The van der Waals surface area contributed by atoms with Crippen LogP contribution in [0.4, 0.5) is 0 Å². The molecule has 3 nitrogen and oxygen atoms in total. The topological polar surface area (TPSA) is 32.5 Å². The Balaban J connectivity index is 0.00000106. The molecule has 0 spiro atoms. The lowest BCUT2D eigenvalue weighted by molar-refractivity contribution is 0.135. The molecule has 2 N–H and O–H groups in total. The number of rotatable bonds is 5. The molecule has 0 saturated carbocycles. The number of likely N-dealkylation sites (tertiary alicyclic amines) is 2. The quantitative estimate of drug-likeness (QED) is 0.844. The molecule has 21 heavy (non-hydrogen) atoms. The van der Waals surface area contributed by atoms with Crippen molar-refractivity contribution in [2.24, 2.45) is 17.6 Å². The highest BCUT2D eigenvalue weighted by Crippen LogP contribution is 2.22. The van der Waals surface area contributed by atoms with Crippen LogP contribution in [0.5, 0.6) is 0 Å². The van der Waals surface area contributed by atoms with E-state index >= 15 is 0 Å². The third kappa shape index (κ3) is 7.32. The van der Waals surface area contributed by atoms with Gasteiger partial charge in [-0.1, -0.05) is 27.4 Å². The summed E-state index contributed by atoms with van der Waals surface area (Å²) < 4.78 is 0. The summed E-state index contributed by atoms with van der Waals surface area (Å²) in [7, 11) is 0. The van der Waals surface area contributed by atoms with Crippen LogP contribution in [0.2, 0.25) is 0 Å². The van der Waals surface area contributed by atoms with Crippen LogP contribution >= 0.6 is 0 Å². The smallest absolute Gasteiger partial charge is 0.0109 e. The van der Waals surface area contributed by atoms with Crippen LogP contribution in [0, 0.1) is 11.8 Å². The number of allylic oxidation sites excluding steroid dienone is 1. The summed E-state index contributed by atoms with van der Waals surface area (Å²) in [5.74, 6) is 1.72. The molecular formula is C18H37N3. The molecule has 2 aliphatic rings. The summed E-state index contributed by atoms with van der Waals surface area (Å²) in [6.07, 6.45) is 6.40. The SMILES string of the molecule is C=C(N)CC1CCN(CCN2CCC(C)CC2)CC1.CC. The fourth-order valence-electron chi connectivity index (χ4n) is 3.35. The fraction of sp³-hybridized carbons (Fsp3) is 0.889. The van der Waals surface area contributed by atoms with Crippen LogP contribution < -0.4 is 5.73 Å². The summed E-state index contributed by atoms with van der Waals surface area (Å²) in [6, 6.07) is 0. The standard InChI is InChI=1S/C16H31N3.C2H6/c1-14-3-7-18(8-4-14)11-12-19-9-5-16(6-10-19)13-15(2)17;1-2/h14,16H,2-13,17H2,1H3;1-2H3. The van der Waals surface area contributed by atoms with Gasteiger partial charge in [0.2, 0.25) is 0 Å². The number of hydrogen-bond donors (Lipinski definition) is 1. The number of piperidine rings is 2. The molecule has 0 aliphatic carbocycles. The average Bonchev–Trinajstić information content (AvgIpc) is 2.50. The first-order valence-corrected chi connectivity index (χ1v) is 9.01. The predicted octanol–water partition coefficient (Wildman–Crippen LogP) is 3.32. The Labute approximate surface area is 132 Å². The minimum absolute atomic E-state index is 0.782. The Morgan fingerprint density at radius 1 is 0.952 bits per heavy atom. The van der Waals surface area contributed by atoms with Crippen molar-refractivity contribution in [2.45, 2.75) is 52.9 Å². The van der Waals surface area contributed by atoms with Crippen molar-refractivity contribution in [2.75, 3.05) is 39.3 Å². The van der Waals surface area contributed by atoms with Crippen molar-refractivity contribution < 1.29 is 0 Å². The average molecular weight is 296 g/mol. The van der Waals surface area contributed by atoms with Crippen LogP contribution in [0.1, 0.15) is 52.9 Å². The van der Waals surface area contributed by atoms with E-state index in [-0.39, 0.29) is 0 Å². The van der Waals surface area contributed by atoms with Crippen LogP contribution in [0.3, 0.4) is 0 Å². The number of nitrogens with zero attached hydrogens (tertiary/aromatic N) is 2. The van der Waals surface area contributed by atoms with Gasteiger partial charge in [-0.3, -0.25) is 0 Å². The third-order valence-corrected chi connectivity index (χ3v) is 4.87. The van der Waals surface area contributed by atoms with Gasteiger partial charge in [0.05, 0.1) is 0 Å². The molecule has 0 unspecified atom stereocenters. The van der Waals surface area contributed by atoms with E-state index in [4.69, 9.17) is 5.73 Å². The zero-order chi connectivity index (χ0) is 15.7. The van der Waals surface area contributed by atoms with Crippen molar-refractivity contribution in [1.82, 2.24) is 9.80 Å². The molecule has 2 saturated heterocycles. The predicted molar refractivity (Wildman–Crippen MR) is 93.3 cm³/mol. The highest BCUT2D eigenvalue weighted by atomic mass is 15.2. The third-order valence-electron chi connectivity index (χ3n) is 4.87. The normalized spacial score (nSPS) is 22.6. The molecule has 0 aromatic rings. The number of hydrogen-bond acceptors (Lipinski definition) is 3. The van der Waals surface area contributed by atoms with E-state index in [0.29, 0.717) is 0 Å². The molecule has 124 valence electrons. The summed E-state index contributed by atoms with van der Waals surface area (Å²) in [5, 5.41) is 0. The summed E-state index contributed by atoms with van der Waals surface area (Å²) in [6.45, 7) is 17.9. The first kappa shape index (κ1) is 18.5. The molecule has 0 bridgehead atoms. The lowest BCUT2D eigenvalue weighted by Gasteiger charge is -2.35. The molecule has 2 fully saturated rings. The van der Waals surface area contributed by atoms with E-state index in [1.165, 1.54) is 65.0 Å². The van der Waals surface area contributed by atoms with E-state index in [0.717, 1.165) is 24.0 Å². The summed E-state index contributed by atoms with van der Waals surface area (Å²) >= 11 is 0. The Kier molecular flexibility index (Phi) is 9.02. The van der Waals surface area contributed by atoms with Crippen molar-refractivity contribution >= 4 is 0 Å². The second-order valence-corrected chi connectivity index (χ2v) is 6.67. The molecule has 0 aromatic heterocycles. The van der Waals surface area contributed by atoms with Gasteiger partial charge >= 0.3 is 0 Å². The molecule has 0 atom stereocenters. The monoisotopic (exact) mass is 295 g/mol. The lowest BCUT2D eigenvalue weighted by atomic mass is 9.92. The molecule has 0 aromatic carbocycles. The second-order valence-electron chi connectivity index (χ2n) is 6.67. The molecule has 0 amide bonds. The lowest BCUT2D eigenvalue weighted by Crippen LogP contribution is -2.42. The van der Waals surface area contributed by atoms with E-state index in [1.54, 1.807) is 0 Å². The van der Waals surface area contributed by atoms with Gasteiger partial charge < -0.3 is 15.5 Å². The van der Waals surface area contributed by atoms with Crippen molar-refractivity contribution in [3.05, 3.63) is 12.3 Å². The highest BCUT2D eigenvalue weighted by Gasteiger charge is 2.20. The fourth-order valence-corrected chi connectivity index (χ4v) is 3.35. The van der Waals surface area contributed by atoms with E-state index < -0.39 is 0 Å². The highest BCUT2D eigenvalue weighted by molar-refractivity contribution is 4.90. The van der Waals surface area contributed by atoms with E-state index in [1.807, 2.05) is 13.8 Å². The van der Waals surface area contributed by atoms with E-state index in [9.17, 15) is 0 Å². The molecule has 2 heterocycles. The van der Waals surface area contributed by atoms with Crippen LogP contribution in [0.25, 0.3) is 0 Å². The molecule has 2 aliphatic heterocycles. The van der Waals surface area contributed by atoms with Gasteiger partial charge in [-0.25, -0.2) is 0 Å². The van der Waals surface area contributed by atoms with Gasteiger partial charge in [0.1, 0.15) is 0 Å². The largest absolute Gasteiger partial charge is 0.403 e. The summed E-state index contributed by atoms with van der Waals surface area (Å²) in [5.41, 5.74) is 6.57. The maximum atomic E-state index is 5.71. The van der Waals surface area contributed by atoms with Crippen molar-refractivity contribution in [3.63, 3.8) is 0 Å². The summed E-state index contributed by atoms with van der Waals surface area (Å²) in [4.78, 5) is 5.28. The molecule has 3 heteroatoms. The van der Waals surface area contributed by atoms with E-state index in [2.05, 4.69) is 23.3 Å². The van der Waals surface area contributed by atoms with Gasteiger partial charge in [-0.05, 0) is 70.1 Å². The van der Waals surface area contributed by atoms with Crippen molar-refractivity contribution in [1.29, 1.82) is 0 Å². The Bertz CT molecular complexity index is 274. The van der Waals surface area contributed by atoms with Crippen molar-refractivity contribution in [3.8, 4) is 0 Å². The molecule has 0 radical (unpaired) electrons. The molecular weight excluding hydrogens is 258 g/mol. The Morgan fingerprint density at radius 3 is 1.81 bits per heavy atom. The minimum Gasteiger partial charge on any atom is -0.403 e. The maximum Gasteiger partial charge on any atom is 0.0109 e. The molecule has 2 rings (SSSR count).